The Morgan fingerprint density at radius 2 is 2.29 bits per heavy atom. The topological polar surface area (TPSA) is 87.1 Å². The van der Waals surface area contributed by atoms with Crippen LogP contribution in [0.1, 0.15) is 13.8 Å². The third-order valence-electron chi connectivity index (χ3n) is 2.29. The zero-order valence-corrected chi connectivity index (χ0v) is 9.90. The highest BCUT2D eigenvalue weighted by Crippen LogP contribution is 2.03. The Labute approximate surface area is 98.3 Å². The first kappa shape index (κ1) is 11.6. The van der Waals surface area contributed by atoms with Gasteiger partial charge < -0.3 is 10.6 Å². The third-order valence-corrected chi connectivity index (χ3v) is 2.29. The van der Waals surface area contributed by atoms with E-state index in [1.807, 2.05) is 0 Å². The van der Waals surface area contributed by atoms with Crippen molar-refractivity contribution in [2.75, 3.05) is 18.4 Å². The Hall–Kier alpha value is -1.89. The van der Waals surface area contributed by atoms with Crippen LogP contribution >= 0.6 is 0 Å². The first-order valence-electron chi connectivity index (χ1n) is 5.57. The van der Waals surface area contributed by atoms with Gasteiger partial charge in [0.2, 0.25) is 0 Å². The van der Waals surface area contributed by atoms with Crippen LogP contribution in [0.4, 0.5) is 5.82 Å². The van der Waals surface area contributed by atoms with E-state index in [2.05, 4.69) is 39.7 Å². The molecule has 0 aliphatic carbocycles. The number of nitrogens with one attached hydrogen (secondary N) is 3. The summed E-state index contributed by atoms with van der Waals surface area (Å²) < 4.78 is 1.36. The van der Waals surface area contributed by atoms with Gasteiger partial charge in [0.15, 0.2) is 5.65 Å². The maximum atomic E-state index is 11.2. The summed E-state index contributed by atoms with van der Waals surface area (Å²) in [5, 5.41) is 12.7. The van der Waals surface area contributed by atoms with Gasteiger partial charge in [-0.3, -0.25) is 0 Å². The highest BCUT2D eigenvalue weighted by atomic mass is 16.1. The zero-order valence-electron chi connectivity index (χ0n) is 9.90. The number of H-pyrrole nitrogens is 1. The number of rotatable bonds is 5. The summed E-state index contributed by atoms with van der Waals surface area (Å²) in [7, 11) is 0. The molecule has 0 radical (unpaired) electrons. The predicted molar refractivity (Wildman–Crippen MR) is 65.2 cm³/mol. The molecule has 0 amide bonds. The average molecular weight is 236 g/mol. The molecule has 17 heavy (non-hydrogen) atoms. The maximum Gasteiger partial charge on any atom is 0.348 e. The average Bonchev–Trinajstić information content (AvgIpc) is 2.66. The highest BCUT2D eigenvalue weighted by Gasteiger charge is 2.01. The molecule has 0 saturated carbocycles. The minimum absolute atomic E-state index is 0.277. The van der Waals surface area contributed by atoms with Gasteiger partial charge in [-0.15, -0.1) is 0 Å². The van der Waals surface area contributed by atoms with Crippen molar-refractivity contribution in [1.82, 2.24) is 24.9 Å². The molecule has 7 nitrogen and oxygen atoms in total. The van der Waals surface area contributed by atoms with Crippen molar-refractivity contribution in [3.05, 3.63) is 22.9 Å². The van der Waals surface area contributed by atoms with E-state index in [1.165, 1.54) is 10.7 Å². The van der Waals surface area contributed by atoms with Crippen molar-refractivity contribution >= 4 is 11.5 Å². The number of hydrogen-bond donors (Lipinski definition) is 3. The first-order valence-corrected chi connectivity index (χ1v) is 5.57. The lowest BCUT2D eigenvalue weighted by Crippen LogP contribution is -2.28. The predicted octanol–water partition coefficient (Wildman–Crippen LogP) is -0.172. The van der Waals surface area contributed by atoms with Crippen LogP contribution in [0.15, 0.2) is 17.2 Å². The fourth-order valence-corrected chi connectivity index (χ4v) is 1.46. The molecule has 2 aromatic rings. The van der Waals surface area contributed by atoms with Crippen molar-refractivity contribution in [1.29, 1.82) is 0 Å². The van der Waals surface area contributed by atoms with E-state index in [4.69, 9.17) is 0 Å². The fraction of sp³-hybridized carbons (Fsp3) is 0.500. The van der Waals surface area contributed by atoms with Gasteiger partial charge in [-0.1, -0.05) is 13.8 Å². The molecule has 7 heteroatoms. The standard InChI is InChI=1S/C10H16N6O/c1-7(2)11-3-4-12-8-5-9-14-15-10(17)16(9)6-13-8/h5-7,11-12H,3-4H2,1-2H3,(H,15,17). The van der Waals surface area contributed by atoms with Gasteiger partial charge >= 0.3 is 5.69 Å². The fourth-order valence-electron chi connectivity index (χ4n) is 1.46. The van der Waals surface area contributed by atoms with Gasteiger partial charge in [0.05, 0.1) is 0 Å². The molecule has 0 spiro atoms. The van der Waals surface area contributed by atoms with Crippen molar-refractivity contribution in [3.8, 4) is 0 Å². The molecule has 0 aliphatic rings. The SMILES string of the molecule is CC(C)NCCNc1cc2n[nH]c(=O)n2cn1. The minimum Gasteiger partial charge on any atom is -0.369 e. The molecule has 0 fully saturated rings. The van der Waals surface area contributed by atoms with Crippen LogP contribution < -0.4 is 16.3 Å². The van der Waals surface area contributed by atoms with Crippen LogP contribution in [-0.4, -0.2) is 38.7 Å². The zero-order chi connectivity index (χ0) is 12.3. The molecule has 3 N–H and O–H groups in total. The van der Waals surface area contributed by atoms with Crippen LogP contribution in [0, 0.1) is 0 Å². The molecule has 0 saturated heterocycles. The molecule has 0 atom stereocenters. The Kier molecular flexibility index (Phi) is 3.38. The van der Waals surface area contributed by atoms with Gasteiger partial charge in [0, 0.05) is 25.2 Å². The van der Waals surface area contributed by atoms with Crippen molar-refractivity contribution in [3.63, 3.8) is 0 Å². The van der Waals surface area contributed by atoms with Gasteiger partial charge in [-0.05, 0) is 0 Å². The normalized spacial score (nSPS) is 11.2. The third kappa shape index (κ3) is 2.82. The molecule has 0 bridgehead atoms. The number of fused-ring (bicyclic) bond motifs is 1. The second kappa shape index (κ2) is 4.96. The molecule has 2 rings (SSSR count). The van der Waals surface area contributed by atoms with E-state index in [9.17, 15) is 4.79 Å². The van der Waals surface area contributed by atoms with Gasteiger partial charge in [0.1, 0.15) is 12.1 Å². The summed E-state index contributed by atoms with van der Waals surface area (Å²) in [5.41, 5.74) is 0.282. The Bertz CT molecular complexity index is 543. The number of anilines is 1. The summed E-state index contributed by atoms with van der Waals surface area (Å²) in [4.78, 5) is 15.3. The first-order chi connectivity index (χ1) is 8.16. The second-order valence-electron chi connectivity index (χ2n) is 4.07. The summed E-state index contributed by atoms with van der Waals surface area (Å²) in [6.07, 6.45) is 1.46. The van der Waals surface area contributed by atoms with Crippen LogP contribution in [0.5, 0.6) is 0 Å². The molecule has 2 aromatic heterocycles. The second-order valence-corrected chi connectivity index (χ2v) is 4.07. The Morgan fingerprint density at radius 3 is 3.06 bits per heavy atom. The quantitative estimate of drug-likeness (QED) is 0.627. The van der Waals surface area contributed by atoms with Crippen molar-refractivity contribution < 1.29 is 0 Å². The number of nitrogens with zero attached hydrogens (tertiary/aromatic N) is 3. The molecule has 0 unspecified atom stereocenters. The van der Waals surface area contributed by atoms with Crippen LogP contribution in [0.2, 0.25) is 0 Å². The summed E-state index contributed by atoms with van der Waals surface area (Å²) in [5.74, 6) is 0.710. The monoisotopic (exact) mass is 236 g/mol. The van der Waals surface area contributed by atoms with Crippen molar-refractivity contribution in [2.45, 2.75) is 19.9 Å². The van der Waals surface area contributed by atoms with Crippen LogP contribution in [-0.2, 0) is 0 Å². The Morgan fingerprint density at radius 1 is 1.47 bits per heavy atom. The smallest absolute Gasteiger partial charge is 0.348 e. The number of aromatic amines is 1. The van der Waals surface area contributed by atoms with E-state index in [0.29, 0.717) is 17.5 Å². The molecule has 2 heterocycles. The number of hydrogen-bond acceptors (Lipinski definition) is 5. The molecule has 0 aliphatic heterocycles. The lowest BCUT2D eigenvalue weighted by atomic mass is 10.4. The molecule has 92 valence electrons. The molecular formula is C10H16N6O. The lowest BCUT2D eigenvalue weighted by molar-refractivity contribution is 0.602. The highest BCUT2D eigenvalue weighted by molar-refractivity contribution is 5.48. The largest absolute Gasteiger partial charge is 0.369 e. The number of aromatic nitrogens is 4. The van der Waals surface area contributed by atoms with Gasteiger partial charge in [0.25, 0.3) is 0 Å². The van der Waals surface area contributed by atoms with Gasteiger partial charge in [-0.2, -0.15) is 5.10 Å². The van der Waals surface area contributed by atoms with E-state index >= 15 is 0 Å². The minimum atomic E-state index is -0.277. The Balaban J connectivity index is 1.97. The van der Waals surface area contributed by atoms with E-state index in [0.717, 1.165) is 13.1 Å². The van der Waals surface area contributed by atoms with Crippen molar-refractivity contribution in [2.24, 2.45) is 0 Å². The molecule has 0 aromatic carbocycles. The molecular weight excluding hydrogens is 220 g/mol. The van der Waals surface area contributed by atoms with Gasteiger partial charge in [-0.25, -0.2) is 19.3 Å². The maximum absolute atomic E-state index is 11.2. The summed E-state index contributed by atoms with van der Waals surface area (Å²) in [6.45, 7) is 5.83. The lowest BCUT2D eigenvalue weighted by Gasteiger charge is -2.09. The van der Waals surface area contributed by atoms with Crippen LogP contribution in [0.25, 0.3) is 5.65 Å². The van der Waals surface area contributed by atoms with E-state index in [-0.39, 0.29) is 5.69 Å². The van der Waals surface area contributed by atoms with E-state index in [1.54, 1.807) is 6.07 Å². The van der Waals surface area contributed by atoms with Crippen LogP contribution in [0.3, 0.4) is 0 Å². The summed E-state index contributed by atoms with van der Waals surface area (Å²) >= 11 is 0. The summed E-state index contributed by atoms with van der Waals surface area (Å²) in [6, 6.07) is 2.20. The van der Waals surface area contributed by atoms with E-state index < -0.39 is 0 Å².